The molecule has 5 heteroatoms. The molecular weight excluding hydrogens is 220 g/mol. The van der Waals surface area contributed by atoms with Crippen LogP contribution in [0, 0.1) is 0 Å². The molecule has 0 aliphatic rings. The molecule has 0 radical (unpaired) electrons. The fourth-order valence-corrected chi connectivity index (χ4v) is 1.40. The van der Waals surface area contributed by atoms with Gasteiger partial charge >= 0.3 is 5.97 Å². The molecule has 0 N–H and O–H groups in total. The van der Waals surface area contributed by atoms with Crippen LogP contribution in [0.25, 0.3) is 0 Å². The number of likely N-dealkylation sites (N-methyl/N-ethyl adjacent to an activating group) is 1. The van der Waals surface area contributed by atoms with Gasteiger partial charge in [-0.25, -0.2) is 0 Å². The Morgan fingerprint density at radius 2 is 1.76 bits per heavy atom. The molecule has 0 fully saturated rings. The minimum Gasteiger partial charge on any atom is -0.466 e. The van der Waals surface area contributed by atoms with Crippen molar-refractivity contribution in [1.82, 2.24) is 9.80 Å². The van der Waals surface area contributed by atoms with Gasteiger partial charge in [-0.2, -0.15) is 0 Å². The van der Waals surface area contributed by atoms with Crippen LogP contribution in [0.5, 0.6) is 0 Å². The van der Waals surface area contributed by atoms with Crippen LogP contribution in [0.15, 0.2) is 0 Å². The number of nitrogens with zero attached hydrogens (tertiary/aromatic N) is 2. The van der Waals surface area contributed by atoms with E-state index < -0.39 is 0 Å². The van der Waals surface area contributed by atoms with Crippen molar-refractivity contribution >= 4 is 11.9 Å². The summed E-state index contributed by atoms with van der Waals surface area (Å²) in [6.45, 7) is 6.00. The van der Waals surface area contributed by atoms with Gasteiger partial charge in [0.2, 0.25) is 5.91 Å². The monoisotopic (exact) mass is 244 g/mol. The summed E-state index contributed by atoms with van der Waals surface area (Å²) >= 11 is 0. The average Bonchev–Trinajstić information content (AvgIpc) is 2.26. The van der Waals surface area contributed by atoms with Crippen LogP contribution < -0.4 is 0 Å². The van der Waals surface area contributed by atoms with E-state index in [-0.39, 0.29) is 11.9 Å². The van der Waals surface area contributed by atoms with E-state index in [9.17, 15) is 9.59 Å². The van der Waals surface area contributed by atoms with E-state index in [1.165, 1.54) is 0 Å². The van der Waals surface area contributed by atoms with Gasteiger partial charge in [0.25, 0.3) is 0 Å². The van der Waals surface area contributed by atoms with Crippen molar-refractivity contribution in [2.45, 2.75) is 26.7 Å². The maximum atomic E-state index is 11.6. The Morgan fingerprint density at radius 3 is 2.24 bits per heavy atom. The summed E-state index contributed by atoms with van der Waals surface area (Å²) in [5, 5.41) is 0. The van der Waals surface area contributed by atoms with Crippen molar-refractivity contribution < 1.29 is 14.3 Å². The highest BCUT2D eigenvalue weighted by atomic mass is 16.5. The first-order valence-corrected chi connectivity index (χ1v) is 6.09. The maximum Gasteiger partial charge on any atom is 0.307 e. The molecule has 0 aromatic rings. The Labute approximate surface area is 104 Å². The first-order chi connectivity index (χ1) is 8.01. The summed E-state index contributed by atoms with van der Waals surface area (Å²) in [7, 11) is 3.47. The third-order valence-corrected chi connectivity index (χ3v) is 2.33. The smallest absolute Gasteiger partial charge is 0.307 e. The number of hydrogen-bond acceptors (Lipinski definition) is 4. The third-order valence-electron chi connectivity index (χ3n) is 2.33. The molecule has 0 saturated heterocycles. The van der Waals surface area contributed by atoms with E-state index >= 15 is 0 Å². The summed E-state index contributed by atoms with van der Waals surface area (Å²) in [5.74, 6) is -0.145. The zero-order valence-corrected chi connectivity index (χ0v) is 11.4. The van der Waals surface area contributed by atoms with Gasteiger partial charge in [-0.15, -0.1) is 0 Å². The predicted molar refractivity (Wildman–Crippen MR) is 66.7 cm³/mol. The van der Waals surface area contributed by atoms with Crippen LogP contribution in [-0.4, -0.2) is 62.0 Å². The second-order valence-electron chi connectivity index (χ2n) is 4.12. The van der Waals surface area contributed by atoms with E-state index in [2.05, 4.69) is 6.92 Å². The lowest BCUT2D eigenvalue weighted by molar-refractivity contribution is -0.144. The molecule has 0 unspecified atom stereocenters. The van der Waals surface area contributed by atoms with E-state index in [1.54, 1.807) is 25.9 Å². The largest absolute Gasteiger partial charge is 0.466 e. The van der Waals surface area contributed by atoms with Crippen LogP contribution in [0.4, 0.5) is 0 Å². The number of esters is 1. The number of rotatable bonds is 8. The van der Waals surface area contributed by atoms with Crippen molar-refractivity contribution in [3.8, 4) is 0 Å². The Kier molecular flexibility index (Phi) is 8.40. The molecule has 0 saturated carbocycles. The third kappa shape index (κ3) is 7.74. The van der Waals surface area contributed by atoms with Gasteiger partial charge in [-0.3, -0.25) is 14.5 Å². The van der Waals surface area contributed by atoms with Crippen molar-refractivity contribution in [2.24, 2.45) is 0 Å². The average molecular weight is 244 g/mol. The fraction of sp³-hybridized carbons (Fsp3) is 0.833. The second kappa shape index (κ2) is 8.98. The highest BCUT2D eigenvalue weighted by molar-refractivity contribution is 5.77. The van der Waals surface area contributed by atoms with Crippen LogP contribution in [0.2, 0.25) is 0 Å². The van der Waals surface area contributed by atoms with Crippen LogP contribution in [0.3, 0.4) is 0 Å². The molecule has 0 aliphatic heterocycles. The van der Waals surface area contributed by atoms with E-state index in [4.69, 9.17) is 4.74 Å². The van der Waals surface area contributed by atoms with Crippen molar-refractivity contribution in [3.05, 3.63) is 0 Å². The van der Waals surface area contributed by atoms with Gasteiger partial charge in [0.1, 0.15) is 0 Å². The summed E-state index contributed by atoms with van der Waals surface area (Å²) < 4.78 is 4.86. The lowest BCUT2D eigenvalue weighted by atomic mass is 10.3. The summed E-state index contributed by atoms with van der Waals surface area (Å²) in [6.07, 6.45) is 1.30. The summed E-state index contributed by atoms with van der Waals surface area (Å²) in [4.78, 5) is 26.3. The molecule has 0 bridgehead atoms. The first kappa shape index (κ1) is 15.9. The van der Waals surface area contributed by atoms with Gasteiger partial charge in [0, 0.05) is 20.6 Å². The standard InChI is InChI=1S/C12H24N2O3/c1-5-8-14(10-11(15)13(3)4)9-7-12(16)17-6-2/h5-10H2,1-4H3. The molecule has 0 aliphatic carbocycles. The number of hydrogen-bond donors (Lipinski definition) is 0. The quantitative estimate of drug-likeness (QED) is 0.591. The predicted octanol–water partition coefficient (Wildman–Crippen LogP) is 0.740. The SMILES string of the molecule is CCCN(CCC(=O)OCC)CC(=O)N(C)C. The number of carbonyl (C=O) groups excluding carboxylic acids is 2. The Morgan fingerprint density at radius 1 is 1.12 bits per heavy atom. The number of carbonyl (C=O) groups is 2. The topological polar surface area (TPSA) is 49.9 Å². The number of amides is 1. The van der Waals surface area contributed by atoms with Crippen LogP contribution in [0.1, 0.15) is 26.7 Å². The molecular formula is C12H24N2O3. The normalized spacial score (nSPS) is 10.4. The molecule has 5 nitrogen and oxygen atoms in total. The highest BCUT2D eigenvalue weighted by Crippen LogP contribution is 1.97. The maximum absolute atomic E-state index is 11.6. The molecule has 0 aromatic carbocycles. The molecule has 0 heterocycles. The van der Waals surface area contributed by atoms with Gasteiger partial charge in [-0.05, 0) is 19.9 Å². The zero-order chi connectivity index (χ0) is 13.3. The van der Waals surface area contributed by atoms with E-state index in [1.807, 2.05) is 4.90 Å². The van der Waals surface area contributed by atoms with Crippen LogP contribution >= 0.6 is 0 Å². The van der Waals surface area contributed by atoms with Gasteiger partial charge in [-0.1, -0.05) is 6.92 Å². The van der Waals surface area contributed by atoms with Gasteiger partial charge < -0.3 is 9.64 Å². The summed E-state index contributed by atoms with van der Waals surface area (Å²) in [6, 6.07) is 0. The Bertz CT molecular complexity index is 242. The zero-order valence-electron chi connectivity index (χ0n) is 11.4. The lowest BCUT2D eigenvalue weighted by Crippen LogP contribution is -2.38. The minimum absolute atomic E-state index is 0.0577. The Balaban J connectivity index is 4.06. The molecule has 100 valence electrons. The summed E-state index contributed by atoms with van der Waals surface area (Å²) in [5.41, 5.74) is 0. The van der Waals surface area contributed by atoms with Gasteiger partial charge in [0.05, 0.1) is 19.6 Å². The van der Waals surface area contributed by atoms with Crippen molar-refractivity contribution in [2.75, 3.05) is 40.3 Å². The number of ether oxygens (including phenoxy) is 1. The molecule has 0 rings (SSSR count). The van der Waals surface area contributed by atoms with Gasteiger partial charge in [0.15, 0.2) is 0 Å². The molecule has 0 atom stereocenters. The van der Waals surface area contributed by atoms with E-state index in [0.717, 1.165) is 13.0 Å². The van der Waals surface area contributed by atoms with Crippen molar-refractivity contribution in [3.63, 3.8) is 0 Å². The molecule has 0 aromatic heterocycles. The highest BCUT2D eigenvalue weighted by Gasteiger charge is 2.13. The molecule has 0 spiro atoms. The molecule has 17 heavy (non-hydrogen) atoms. The Hall–Kier alpha value is -1.10. The minimum atomic E-state index is -0.203. The van der Waals surface area contributed by atoms with Crippen molar-refractivity contribution in [1.29, 1.82) is 0 Å². The lowest BCUT2D eigenvalue weighted by Gasteiger charge is -2.22. The van der Waals surface area contributed by atoms with Crippen LogP contribution in [-0.2, 0) is 14.3 Å². The van der Waals surface area contributed by atoms with E-state index in [0.29, 0.717) is 26.1 Å². The fourth-order valence-electron chi connectivity index (χ4n) is 1.40. The molecule has 1 amide bonds. The second-order valence-corrected chi connectivity index (χ2v) is 4.12. The first-order valence-electron chi connectivity index (χ1n) is 6.09.